The highest BCUT2D eigenvalue weighted by molar-refractivity contribution is 5.83. The Morgan fingerprint density at radius 1 is 1.14 bits per heavy atom. The number of rotatable bonds is 7. The molecular formula is C23H26N2O4. The third-order valence-corrected chi connectivity index (χ3v) is 5.34. The quantitative estimate of drug-likeness (QED) is 0.617. The van der Waals surface area contributed by atoms with Gasteiger partial charge < -0.3 is 23.7 Å². The summed E-state index contributed by atoms with van der Waals surface area (Å²) in [6.07, 6.45) is -1.09. The maximum Gasteiger partial charge on any atom is 0.256 e. The van der Waals surface area contributed by atoms with Crippen LogP contribution in [0.15, 0.2) is 60.7 Å². The highest BCUT2D eigenvalue weighted by Gasteiger charge is 2.30. The molecule has 0 aliphatic carbocycles. The summed E-state index contributed by atoms with van der Waals surface area (Å²) in [7, 11) is 3.58. The second-order valence-corrected chi connectivity index (χ2v) is 7.17. The summed E-state index contributed by atoms with van der Waals surface area (Å²) in [5.41, 5.74) is 3.00. The van der Waals surface area contributed by atoms with Gasteiger partial charge in [-0.2, -0.15) is 0 Å². The molecular weight excluding hydrogens is 368 g/mol. The number of ether oxygens (including phenoxy) is 3. The van der Waals surface area contributed by atoms with Crippen LogP contribution in [-0.2, 0) is 32.6 Å². The van der Waals surface area contributed by atoms with Crippen molar-refractivity contribution in [2.24, 2.45) is 7.05 Å². The zero-order chi connectivity index (χ0) is 20.2. The molecule has 0 radical (unpaired) electrons. The molecule has 1 aromatic heterocycles. The summed E-state index contributed by atoms with van der Waals surface area (Å²) in [5.74, 6) is -0.108. The van der Waals surface area contributed by atoms with Crippen LogP contribution in [0.25, 0.3) is 10.9 Å². The lowest BCUT2D eigenvalue weighted by molar-refractivity contribution is -0.149. The molecule has 6 nitrogen and oxygen atoms in total. The van der Waals surface area contributed by atoms with Gasteiger partial charge in [0.2, 0.25) is 0 Å². The molecule has 152 valence electrons. The summed E-state index contributed by atoms with van der Waals surface area (Å²) < 4.78 is 18.9. The van der Waals surface area contributed by atoms with E-state index in [1.807, 2.05) is 49.5 Å². The van der Waals surface area contributed by atoms with Crippen molar-refractivity contribution >= 4 is 16.8 Å². The molecule has 1 atom stereocenters. The van der Waals surface area contributed by atoms with Gasteiger partial charge in [-0.1, -0.05) is 48.5 Å². The standard InChI is InChI=1S/C23H26N2O4/c1-24-19(14-18-10-6-7-11-20(18)24)15-25(16-21-28-12-13-29-21)23(26)22(27-2)17-8-4-3-5-9-17/h3-11,14,21-22H,12-13,15-16H2,1-2H3. The number of aryl methyl sites for hydroxylation is 1. The summed E-state index contributed by atoms with van der Waals surface area (Å²) in [5, 5.41) is 1.15. The van der Waals surface area contributed by atoms with E-state index < -0.39 is 12.4 Å². The van der Waals surface area contributed by atoms with Crippen LogP contribution in [0, 0.1) is 0 Å². The van der Waals surface area contributed by atoms with Crippen molar-refractivity contribution in [1.82, 2.24) is 9.47 Å². The average molecular weight is 394 g/mol. The number of hydrogen-bond acceptors (Lipinski definition) is 4. The van der Waals surface area contributed by atoms with Crippen molar-refractivity contribution in [3.05, 3.63) is 71.9 Å². The molecule has 2 heterocycles. The first-order valence-corrected chi connectivity index (χ1v) is 9.80. The number of nitrogens with zero attached hydrogens (tertiary/aromatic N) is 2. The number of amides is 1. The third-order valence-electron chi connectivity index (χ3n) is 5.34. The lowest BCUT2D eigenvalue weighted by Gasteiger charge is -2.28. The molecule has 1 amide bonds. The van der Waals surface area contributed by atoms with E-state index in [0.717, 1.165) is 22.2 Å². The van der Waals surface area contributed by atoms with Gasteiger partial charge in [-0.05, 0) is 23.1 Å². The Morgan fingerprint density at radius 3 is 2.52 bits per heavy atom. The smallest absolute Gasteiger partial charge is 0.256 e. The van der Waals surface area contributed by atoms with Crippen LogP contribution in [0.1, 0.15) is 17.4 Å². The number of carbonyl (C=O) groups excluding carboxylic acids is 1. The zero-order valence-electron chi connectivity index (χ0n) is 16.8. The van der Waals surface area contributed by atoms with E-state index in [1.165, 1.54) is 0 Å². The summed E-state index contributed by atoms with van der Waals surface area (Å²) in [4.78, 5) is 15.2. The van der Waals surface area contributed by atoms with E-state index in [9.17, 15) is 4.79 Å². The largest absolute Gasteiger partial charge is 0.367 e. The van der Waals surface area contributed by atoms with E-state index in [2.05, 4.69) is 22.8 Å². The fourth-order valence-electron chi connectivity index (χ4n) is 3.79. The van der Waals surface area contributed by atoms with Gasteiger partial charge in [0.1, 0.15) is 0 Å². The van der Waals surface area contributed by atoms with E-state index in [0.29, 0.717) is 26.3 Å². The van der Waals surface area contributed by atoms with Gasteiger partial charge in [0.15, 0.2) is 12.4 Å². The van der Waals surface area contributed by atoms with Crippen molar-refractivity contribution in [1.29, 1.82) is 0 Å². The molecule has 4 rings (SSSR count). The Kier molecular flexibility index (Phi) is 5.94. The molecule has 1 fully saturated rings. The minimum Gasteiger partial charge on any atom is -0.367 e. The Balaban J connectivity index is 1.63. The topological polar surface area (TPSA) is 52.9 Å². The minimum atomic E-state index is -0.674. The van der Waals surface area contributed by atoms with Gasteiger partial charge in [-0.25, -0.2) is 0 Å². The van der Waals surface area contributed by atoms with E-state index in [-0.39, 0.29) is 5.91 Å². The van der Waals surface area contributed by atoms with E-state index >= 15 is 0 Å². The predicted molar refractivity (Wildman–Crippen MR) is 110 cm³/mol. The average Bonchev–Trinajstić information content (AvgIpc) is 3.37. The van der Waals surface area contributed by atoms with Crippen molar-refractivity contribution in [3.8, 4) is 0 Å². The van der Waals surface area contributed by atoms with Gasteiger partial charge in [0.05, 0.1) is 26.3 Å². The highest BCUT2D eigenvalue weighted by Crippen LogP contribution is 2.24. The molecule has 1 aliphatic rings. The van der Waals surface area contributed by atoms with Crippen LogP contribution in [-0.4, -0.2) is 48.5 Å². The van der Waals surface area contributed by atoms with Crippen LogP contribution in [0.5, 0.6) is 0 Å². The number of carbonyl (C=O) groups is 1. The molecule has 0 N–H and O–H groups in total. The second kappa shape index (κ2) is 8.78. The second-order valence-electron chi connectivity index (χ2n) is 7.17. The number of fused-ring (bicyclic) bond motifs is 1. The van der Waals surface area contributed by atoms with Gasteiger partial charge in [-0.15, -0.1) is 0 Å². The lowest BCUT2D eigenvalue weighted by Crippen LogP contribution is -2.41. The lowest BCUT2D eigenvalue weighted by atomic mass is 10.1. The van der Waals surface area contributed by atoms with Gasteiger partial charge in [0.25, 0.3) is 5.91 Å². The molecule has 1 saturated heterocycles. The molecule has 3 aromatic rings. The van der Waals surface area contributed by atoms with E-state index in [4.69, 9.17) is 14.2 Å². The fourth-order valence-corrected chi connectivity index (χ4v) is 3.79. The Morgan fingerprint density at radius 2 is 1.83 bits per heavy atom. The zero-order valence-corrected chi connectivity index (χ0v) is 16.8. The van der Waals surface area contributed by atoms with Gasteiger partial charge in [0, 0.05) is 25.4 Å². The Hall–Kier alpha value is -2.67. The van der Waals surface area contributed by atoms with Crippen molar-refractivity contribution < 1.29 is 19.0 Å². The molecule has 0 spiro atoms. The Bertz CT molecular complexity index is 963. The van der Waals surface area contributed by atoms with E-state index in [1.54, 1.807) is 12.0 Å². The van der Waals surface area contributed by atoms with Gasteiger partial charge >= 0.3 is 0 Å². The van der Waals surface area contributed by atoms with Crippen LogP contribution in [0.2, 0.25) is 0 Å². The molecule has 6 heteroatoms. The normalized spacial score (nSPS) is 15.7. The highest BCUT2D eigenvalue weighted by atomic mass is 16.7. The molecule has 0 saturated carbocycles. The summed E-state index contributed by atoms with van der Waals surface area (Å²) >= 11 is 0. The van der Waals surface area contributed by atoms with Crippen LogP contribution < -0.4 is 0 Å². The van der Waals surface area contributed by atoms with Crippen molar-refractivity contribution in [2.75, 3.05) is 26.9 Å². The van der Waals surface area contributed by atoms with Crippen molar-refractivity contribution in [2.45, 2.75) is 18.9 Å². The minimum absolute atomic E-state index is 0.108. The maximum atomic E-state index is 13.5. The summed E-state index contributed by atoms with van der Waals surface area (Å²) in [6.45, 7) is 1.90. The molecule has 1 unspecified atom stereocenters. The third kappa shape index (κ3) is 4.19. The van der Waals surface area contributed by atoms with Crippen molar-refractivity contribution in [3.63, 3.8) is 0 Å². The first-order chi connectivity index (χ1) is 14.2. The number of hydrogen-bond donors (Lipinski definition) is 0. The molecule has 0 bridgehead atoms. The first kappa shape index (κ1) is 19.6. The van der Waals surface area contributed by atoms with Crippen LogP contribution >= 0.6 is 0 Å². The van der Waals surface area contributed by atoms with Gasteiger partial charge in [-0.3, -0.25) is 4.79 Å². The summed E-state index contributed by atoms with van der Waals surface area (Å²) in [6, 6.07) is 19.9. The Labute approximate surface area is 170 Å². The maximum absolute atomic E-state index is 13.5. The first-order valence-electron chi connectivity index (χ1n) is 9.80. The SMILES string of the molecule is COC(C(=O)N(Cc1cc2ccccc2n1C)CC1OCCO1)c1ccccc1. The number of aromatic nitrogens is 1. The molecule has 1 aliphatic heterocycles. The van der Waals surface area contributed by atoms with Crippen LogP contribution in [0.4, 0.5) is 0 Å². The predicted octanol–water partition coefficient (Wildman–Crippen LogP) is 3.27. The monoisotopic (exact) mass is 394 g/mol. The number of methoxy groups -OCH3 is 1. The van der Waals surface area contributed by atoms with Crippen LogP contribution in [0.3, 0.4) is 0 Å². The molecule has 29 heavy (non-hydrogen) atoms. The number of para-hydroxylation sites is 1. The fraction of sp³-hybridized carbons (Fsp3) is 0.348. The number of benzene rings is 2. The molecule has 2 aromatic carbocycles.